The number of rotatable bonds is 7. The van der Waals surface area contributed by atoms with Gasteiger partial charge in [0.2, 0.25) is 0 Å². The molecule has 0 atom stereocenters. The van der Waals surface area contributed by atoms with E-state index in [4.69, 9.17) is 25.8 Å². The first-order valence-electron chi connectivity index (χ1n) is 7.89. The summed E-state index contributed by atoms with van der Waals surface area (Å²) >= 11 is 7.46. The molecular weight excluding hydrogens is 376 g/mol. The largest absolute Gasteiger partial charge is 0.494 e. The zero-order valence-electron chi connectivity index (χ0n) is 14.2. The summed E-state index contributed by atoms with van der Waals surface area (Å²) in [5.41, 5.74) is 0.618. The number of ether oxygens (including phenoxy) is 3. The third-order valence-corrected chi connectivity index (χ3v) is 4.86. The molecule has 0 fully saturated rings. The van der Waals surface area contributed by atoms with Gasteiger partial charge in [-0.2, -0.15) is 0 Å². The van der Waals surface area contributed by atoms with Crippen LogP contribution in [0.5, 0.6) is 17.2 Å². The van der Waals surface area contributed by atoms with Crippen LogP contribution in [0.1, 0.15) is 6.92 Å². The molecule has 0 aliphatic carbocycles. The number of halogens is 1. The molecule has 26 heavy (non-hydrogen) atoms. The first-order chi connectivity index (χ1) is 12.6. The van der Waals surface area contributed by atoms with E-state index in [9.17, 15) is 4.79 Å². The van der Waals surface area contributed by atoms with Gasteiger partial charge in [-0.1, -0.05) is 22.9 Å². The van der Waals surface area contributed by atoms with Gasteiger partial charge < -0.3 is 14.2 Å². The fourth-order valence-corrected chi connectivity index (χ4v) is 3.45. The van der Waals surface area contributed by atoms with Crippen molar-refractivity contribution in [3.8, 4) is 17.2 Å². The molecule has 0 saturated carbocycles. The highest BCUT2D eigenvalue weighted by Crippen LogP contribution is 2.37. The zero-order valence-corrected chi connectivity index (χ0v) is 15.8. The van der Waals surface area contributed by atoms with E-state index in [0.29, 0.717) is 33.8 Å². The van der Waals surface area contributed by atoms with Crippen LogP contribution < -0.4 is 19.5 Å². The van der Waals surface area contributed by atoms with E-state index < -0.39 is 0 Å². The van der Waals surface area contributed by atoms with Gasteiger partial charge in [-0.15, -0.1) is 0 Å². The van der Waals surface area contributed by atoms with Crippen molar-refractivity contribution in [3.63, 3.8) is 0 Å². The van der Waals surface area contributed by atoms with Crippen LogP contribution >= 0.6 is 22.9 Å². The minimum absolute atomic E-state index is 0.130. The van der Waals surface area contributed by atoms with Crippen molar-refractivity contribution >= 4 is 44.2 Å². The van der Waals surface area contributed by atoms with Gasteiger partial charge in [0.25, 0.3) is 5.91 Å². The number of hydrogen-bond donors (Lipinski definition) is 1. The average Bonchev–Trinajstić information content (AvgIpc) is 3.06. The second-order valence-corrected chi connectivity index (χ2v) is 6.59. The highest BCUT2D eigenvalue weighted by Gasteiger charge is 2.14. The number of amides is 1. The smallest absolute Gasteiger partial charge is 0.264 e. The van der Waals surface area contributed by atoms with E-state index in [-0.39, 0.29) is 12.5 Å². The number of fused-ring (bicyclic) bond motifs is 1. The Kier molecular flexibility index (Phi) is 5.80. The van der Waals surface area contributed by atoms with Crippen LogP contribution in [0.3, 0.4) is 0 Å². The molecule has 1 aromatic heterocycles. The summed E-state index contributed by atoms with van der Waals surface area (Å²) in [6, 6.07) is 10.6. The highest BCUT2D eigenvalue weighted by atomic mass is 35.5. The summed E-state index contributed by atoms with van der Waals surface area (Å²) in [5.74, 6) is 1.63. The minimum atomic E-state index is -0.312. The van der Waals surface area contributed by atoms with Crippen LogP contribution in [0.4, 0.5) is 5.13 Å². The molecule has 0 spiro atoms. The molecule has 1 N–H and O–H groups in total. The van der Waals surface area contributed by atoms with Gasteiger partial charge in [0.15, 0.2) is 11.7 Å². The second kappa shape index (κ2) is 8.25. The Hall–Kier alpha value is -2.51. The Morgan fingerprint density at radius 1 is 1.15 bits per heavy atom. The maximum atomic E-state index is 12.1. The number of methoxy groups -OCH3 is 1. The molecule has 0 aliphatic heterocycles. The lowest BCUT2D eigenvalue weighted by Gasteiger charge is -2.07. The summed E-state index contributed by atoms with van der Waals surface area (Å²) in [4.78, 5) is 16.5. The molecule has 6 nitrogen and oxygen atoms in total. The van der Waals surface area contributed by atoms with Gasteiger partial charge in [-0.3, -0.25) is 10.1 Å². The zero-order chi connectivity index (χ0) is 18.5. The number of hydrogen-bond acceptors (Lipinski definition) is 6. The van der Waals surface area contributed by atoms with Crippen LogP contribution in [-0.2, 0) is 4.79 Å². The number of carbonyl (C=O) groups excluding carboxylic acids is 1. The second-order valence-electron chi connectivity index (χ2n) is 5.19. The normalized spacial score (nSPS) is 10.6. The monoisotopic (exact) mass is 392 g/mol. The van der Waals surface area contributed by atoms with Gasteiger partial charge >= 0.3 is 0 Å². The SMILES string of the molecule is CCOc1ccc(OCC(=O)Nc2nc3c(OC)ccc(Cl)c3s2)cc1. The van der Waals surface area contributed by atoms with Crippen molar-refractivity contribution in [2.24, 2.45) is 0 Å². The van der Waals surface area contributed by atoms with E-state index in [1.165, 1.54) is 11.3 Å². The van der Waals surface area contributed by atoms with Gasteiger partial charge in [-0.25, -0.2) is 4.98 Å². The van der Waals surface area contributed by atoms with Crippen LogP contribution in [0.25, 0.3) is 10.2 Å². The topological polar surface area (TPSA) is 69.7 Å². The van der Waals surface area contributed by atoms with E-state index in [0.717, 1.165) is 10.4 Å². The molecular formula is C18H17ClN2O4S. The summed E-state index contributed by atoms with van der Waals surface area (Å²) in [6.07, 6.45) is 0. The van der Waals surface area contributed by atoms with Gasteiger partial charge in [0.1, 0.15) is 22.8 Å². The van der Waals surface area contributed by atoms with Crippen LogP contribution in [0.2, 0.25) is 5.02 Å². The average molecular weight is 393 g/mol. The number of benzene rings is 2. The lowest BCUT2D eigenvalue weighted by molar-refractivity contribution is -0.118. The third-order valence-electron chi connectivity index (χ3n) is 3.43. The Morgan fingerprint density at radius 2 is 1.85 bits per heavy atom. The summed E-state index contributed by atoms with van der Waals surface area (Å²) < 4.78 is 16.9. The fraction of sp³-hybridized carbons (Fsp3) is 0.222. The fourth-order valence-electron chi connectivity index (χ4n) is 2.27. The summed E-state index contributed by atoms with van der Waals surface area (Å²) in [7, 11) is 1.56. The van der Waals surface area contributed by atoms with Crippen molar-refractivity contribution in [2.45, 2.75) is 6.92 Å². The molecule has 3 rings (SSSR count). The van der Waals surface area contributed by atoms with Gasteiger partial charge in [0.05, 0.1) is 23.4 Å². The van der Waals surface area contributed by atoms with Crippen molar-refractivity contribution in [2.75, 3.05) is 25.6 Å². The number of thiazole rings is 1. The molecule has 8 heteroatoms. The molecule has 0 saturated heterocycles. The summed E-state index contributed by atoms with van der Waals surface area (Å²) in [6.45, 7) is 2.38. The van der Waals surface area contributed by atoms with Crippen LogP contribution in [0.15, 0.2) is 36.4 Å². The number of carbonyl (C=O) groups is 1. The van der Waals surface area contributed by atoms with Crippen LogP contribution in [0, 0.1) is 0 Å². The van der Waals surface area contributed by atoms with E-state index >= 15 is 0 Å². The van der Waals surface area contributed by atoms with Crippen molar-refractivity contribution in [1.29, 1.82) is 0 Å². The first-order valence-corrected chi connectivity index (χ1v) is 9.08. The predicted octanol–water partition coefficient (Wildman–Crippen LogP) is 4.37. The Balaban J connectivity index is 1.63. The Morgan fingerprint density at radius 3 is 2.50 bits per heavy atom. The maximum absolute atomic E-state index is 12.1. The Bertz CT molecular complexity index is 911. The van der Waals surface area contributed by atoms with E-state index in [1.807, 2.05) is 6.92 Å². The third kappa shape index (κ3) is 4.17. The molecule has 0 aliphatic rings. The summed E-state index contributed by atoms with van der Waals surface area (Å²) in [5, 5.41) is 3.71. The molecule has 1 amide bonds. The molecule has 0 unspecified atom stereocenters. The van der Waals surface area contributed by atoms with Crippen LogP contribution in [-0.4, -0.2) is 31.2 Å². The van der Waals surface area contributed by atoms with Crippen molar-refractivity contribution in [1.82, 2.24) is 4.98 Å². The number of anilines is 1. The number of nitrogens with one attached hydrogen (secondary N) is 1. The van der Waals surface area contributed by atoms with Crippen molar-refractivity contribution < 1.29 is 19.0 Å². The first kappa shape index (κ1) is 18.3. The maximum Gasteiger partial charge on any atom is 0.264 e. The highest BCUT2D eigenvalue weighted by molar-refractivity contribution is 7.23. The van der Waals surface area contributed by atoms with E-state index in [1.54, 1.807) is 43.5 Å². The van der Waals surface area contributed by atoms with Gasteiger partial charge in [0, 0.05) is 0 Å². The molecule has 3 aromatic rings. The lowest BCUT2D eigenvalue weighted by atomic mass is 10.3. The minimum Gasteiger partial charge on any atom is -0.494 e. The molecule has 0 bridgehead atoms. The Labute approximate surface area is 159 Å². The van der Waals surface area contributed by atoms with Gasteiger partial charge in [-0.05, 0) is 43.3 Å². The van der Waals surface area contributed by atoms with E-state index in [2.05, 4.69) is 10.3 Å². The number of aromatic nitrogens is 1. The number of nitrogens with zero attached hydrogens (tertiary/aromatic N) is 1. The molecule has 136 valence electrons. The molecule has 2 aromatic carbocycles. The quantitative estimate of drug-likeness (QED) is 0.646. The predicted molar refractivity (Wildman–Crippen MR) is 103 cm³/mol. The molecule has 0 radical (unpaired) electrons. The molecule has 1 heterocycles. The van der Waals surface area contributed by atoms with Crippen molar-refractivity contribution in [3.05, 3.63) is 41.4 Å². The standard InChI is InChI=1S/C18H17ClN2O4S/c1-3-24-11-4-6-12(7-5-11)25-10-15(22)20-18-21-16-14(23-2)9-8-13(19)17(16)26-18/h4-9H,3,10H2,1-2H3,(H,20,21,22). The lowest BCUT2D eigenvalue weighted by Crippen LogP contribution is -2.19.